The third-order valence-corrected chi connectivity index (χ3v) is 2.88. The smallest absolute Gasteiger partial charge is 0.358 e. The molecule has 0 saturated heterocycles. The Bertz CT molecular complexity index is 337. The Hall–Kier alpha value is 0.130. The van der Waals surface area contributed by atoms with Crippen LogP contribution >= 0.6 is 58.0 Å². The molecular weight excluding hydrogens is 361 g/mol. The van der Waals surface area contributed by atoms with Crippen LogP contribution < -0.4 is 0 Å². The van der Waals surface area contributed by atoms with Crippen molar-refractivity contribution in [3.05, 3.63) is 12.7 Å². The van der Waals surface area contributed by atoms with Gasteiger partial charge < -0.3 is 9.47 Å². The zero-order valence-corrected chi connectivity index (χ0v) is 13.4. The lowest BCUT2D eigenvalue weighted by Gasteiger charge is -2.17. The van der Waals surface area contributed by atoms with E-state index >= 15 is 0 Å². The van der Waals surface area contributed by atoms with Crippen LogP contribution in [0.1, 0.15) is 12.8 Å². The van der Waals surface area contributed by atoms with Gasteiger partial charge in [-0.25, -0.2) is 9.59 Å². The molecule has 110 valence electrons. The summed E-state index contributed by atoms with van der Waals surface area (Å²) < 4.78 is 5.48. The molecule has 0 atom stereocenters. The van der Waals surface area contributed by atoms with E-state index in [9.17, 15) is 9.59 Å². The van der Waals surface area contributed by atoms with E-state index in [1.807, 2.05) is 0 Å². The molecule has 0 aliphatic rings. The Morgan fingerprint density at radius 1 is 1.05 bits per heavy atom. The van der Waals surface area contributed by atoms with E-state index in [0.29, 0.717) is 0 Å². The van der Waals surface area contributed by atoms with Gasteiger partial charge in [0, 0.05) is 0 Å². The van der Waals surface area contributed by atoms with E-state index in [-0.39, 0.29) is 26.1 Å². The summed E-state index contributed by atoms with van der Waals surface area (Å²) >= 11 is 27.4. The van der Waals surface area contributed by atoms with Crippen molar-refractivity contribution in [2.45, 2.75) is 21.0 Å². The van der Waals surface area contributed by atoms with Crippen LogP contribution in [-0.2, 0) is 19.1 Å². The van der Waals surface area contributed by atoms with E-state index in [1.165, 1.54) is 6.08 Å². The first kappa shape index (κ1) is 19.1. The van der Waals surface area contributed by atoms with Gasteiger partial charge in [-0.15, -0.1) is 0 Å². The third kappa shape index (κ3) is 8.10. The van der Waals surface area contributed by atoms with Crippen molar-refractivity contribution in [2.24, 2.45) is 0 Å². The van der Waals surface area contributed by atoms with E-state index < -0.39 is 20.1 Å². The molecule has 9 heteroatoms. The number of rotatable bonds is 7. The van der Waals surface area contributed by atoms with Crippen LogP contribution in [0, 0.1) is 0 Å². The van der Waals surface area contributed by atoms with Gasteiger partial charge in [0.05, 0.1) is 6.61 Å². The van der Waals surface area contributed by atoms with Gasteiger partial charge in [-0.3, -0.25) is 0 Å². The number of halogens is 5. The minimum atomic E-state index is -2.14. The van der Waals surface area contributed by atoms with E-state index in [4.69, 9.17) is 62.7 Å². The molecule has 0 N–H and O–H groups in total. The standard InChI is InChI=1S/C10H11Cl5O4/c1-2-5-18-7(16)9(11,12)4-3-6-19-8(17)10(13,14)15/h2H,1,3-6H2. The van der Waals surface area contributed by atoms with Crippen LogP contribution in [0.15, 0.2) is 12.7 Å². The van der Waals surface area contributed by atoms with Crippen LogP contribution in [0.2, 0.25) is 0 Å². The second-order valence-corrected chi connectivity index (χ2v) is 7.09. The van der Waals surface area contributed by atoms with Crippen molar-refractivity contribution in [3.8, 4) is 0 Å². The first-order valence-electron chi connectivity index (χ1n) is 5.01. The summed E-state index contributed by atoms with van der Waals surface area (Å²) in [6, 6.07) is 0. The molecule has 0 rings (SSSR count). The Morgan fingerprint density at radius 3 is 2.11 bits per heavy atom. The van der Waals surface area contributed by atoms with Crippen LogP contribution in [0.5, 0.6) is 0 Å². The van der Waals surface area contributed by atoms with Crippen molar-refractivity contribution in [3.63, 3.8) is 0 Å². The topological polar surface area (TPSA) is 52.6 Å². The molecule has 0 unspecified atom stereocenters. The molecule has 0 aromatic heterocycles. The monoisotopic (exact) mass is 370 g/mol. The molecule has 0 fully saturated rings. The van der Waals surface area contributed by atoms with Gasteiger partial charge in [0.1, 0.15) is 6.61 Å². The molecule has 0 aromatic rings. The Morgan fingerprint density at radius 2 is 1.63 bits per heavy atom. The minimum Gasteiger partial charge on any atom is -0.463 e. The number of hydrogen-bond acceptors (Lipinski definition) is 4. The van der Waals surface area contributed by atoms with Crippen molar-refractivity contribution in [1.29, 1.82) is 0 Å². The van der Waals surface area contributed by atoms with Gasteiger partial charge >= 0.3 is 11.9 Å². The average Bonchev–Trinajstić information content (AvgIpc) is 2.29. The molecule has 4 nitrogen and oxygen atoms in total. The lowest BCUT2D eigenvalue weighted by Crippen LogP contribution is -2.29. The van der Waals surface area contributed by atoms with Crippen LogP contribution in [0.25, 0.3) is 0 Å². The molecule has 0 bridgehead atoms. The molecule has 0 aliphatic heterocycles. The quantitative estimate of drug-likeness (QED) is 0.297. The molecule has 0 heterocycles. The van der Waals surface area contributed by atoms with Gasteiger partial charge in [-0.05, 0) is 12.8 Å². The first-order chi connectivity index (χ1) is 8.61. The number of hydrogen-bond donors (Lipinski definition) is 0. The summed E-state index contributed by atoms with van der Waals surface area (Å²) in [6.07, 6.45) is 1.59. The Balaban J connectivity index is 4.02. The van der Waals surface area contributed by atoms with E-state index in [2.05, 4.69) is 11.3 Å². The maximum absolute atomic E-state index is 11.4. The summed E-state index contributed by atoms with van der Waals surface area (Å²) in [4.78, 5) is 22.5. The second kappa shape index (κ2) is 8.42. The summed E-state index contributed by atoms with van der Waals surface area (Å²) in [5.74, 6) is -1.81. The van der Waals surface area contributed by atoms with Crippen molar-refractivity contribution in [1.82, 2.24) is 0 Å². The largest absolute Gasteiger partial charge is 0.463 e. The summed E-state index contributed by atoms with van der Waals surface area (Å²) in [7, 11) is 0. The lowest BCUT2D eigenvalue weighted by atomic mass is 10.2. The SMILES string of the molecule is C=CCOC(=O)C(Cl)(Cl)CCCOC(=O)C(Cl)(Cl)Cl. The van der Waals surface area contributed by atoms with Crippen LogP contribution in [0.4, 0.5) is 0 Å². The van der Waals surface area contributed by atoms with E-state index in [1.54, 1.807) is 0 Å². The number of alkyl halides is 5. The van der Waals surface area contributed by atoms with Gasteiger partial charge in [-0.1, -0.05) is 70.7 Å². The number of esters is 2. The maximum atomic E-state index is 11.4. The molecule has 19 heavy (non-hydrogen) atoms. The van der Waals surface area contributed by atoms with Crippen molar-refractivity contribution in [2.75, 3.05) is 13.2 Å². The highest BCUT2D eigenvalue weighted by Crippen LogP contribution is 2.30. The highest BCUT2D eigenvalue weighted by molar-refractivity contribution is 6.75. The van der Waals surface area contributed by atoms with Crippen LogP contribution in [-0.4, -0.2) is 33.3 Å². The molecule has 0 aliphatic carbocycles. The molecular formula is C10H11Cl5O4. The zero-order valence-electron chi connectivity index (χ0n) is 9.64. The van der Waals surface area contributed by atoms with Gasteiger partial charge in [0.2, 0.25) is 4.33 Å². The fraction of sp³-hybridized carbons (Fsp3) is 0.600. The first-order valence-corrected chi connectivity index (χ1v) is 6.90. The molecule has 0 saturated carbocycles. The summed E-state index contributed by atoms with van der Waals surface area (Å²) in [6.45, 7) is 3.28. The normalized spacial score (nSPS) is 11.8. The second-order valence-electron chi connectivity index (χ2n) is 3.33. The van der Waals surface area contributed by atoms with Gasteiger partial charge in [-0.2, -0.15) is 0 Å². The molecule has 0 amide bonds. The third-order valence-electron chi connectivity index (χ3n) is 1.73. The maximum Gasteiger partial charge on any atom is 0.358 e. The van der Waals surface area contributed by atoms with Crippen LogP contribution in [0.3, 0.4) is 0 Å². The fourth-order valence-corrected chi connectivity index (χ4v) is 1.42. The Kier molecular flexibility index (Phi) is 8.48. The zero-order chi connectivity index (χ0) is 15.1. The summed E-state index contributed by atoms with van der Waals surface area (Å²) in [5.41, 5.74) is 0. The summed E-state index contributed by atoms with van der Waals surface area (Å²) in [5, 5.41) is 0. The van der Waals surface area contributed by atoms with Gasteiger partial charge in [0.25, 0.3) is 3.79 Å². The van der Waals surface area contributed by atoms with Crippen molar-refractivity contribution >= 4 is 69.9 Å². The average molecular weight is 372 g/mol. The highest BCUT2D eigenvalue weighted by Gasteiger charge is 2.36. The highest BCUT2D eigenvalue weighted by atomic mass is 35.6. The van der Waals surface area contributed by atoms with Crippen molar-refractivity contribution < 1.29 is 19.1 Å². The molecule has 0 spiro atoms. The minimum absolute atomic E-state index is 0.00226. The lowest BCUT2D eigenvalue weighted by molar-refractivity contribution is -0.143. The van der Waals surface area contributed by atoms with E-state index in [0.717, 1.165) is 0 Å². The van der Waals surface area contributed by atoms with Gasteiger partial charge in [0.15, 0.2) is 0 Å². The molecule has 0 radical (unpaired) electrons. The predicted molar refractivity (Wildman–Crippen MR) is 76.1 cm³/mol. The predicted octanol–water partition coefficient (Wildman–Crippen LogP) is 3.58. The number of carbonyl (C=O) groups is 2. The Labute approximate surface area is 135 Å². The fourth-order valence-electron chi connectivity index (χ4n) is 0.883. The molecule has 0 aromatic carbocycles. The number of carbonyl (C=O) groups excluding carboxylic acids is 2. The number of ether oxygens (including phenoxy) is 2.